The Kier molecular flexibility index (Phi) is 2.40. The van der Waals surface area contributed by atoms with Gasteiger partial charge in [0.25, 0.3) is 5.91 Å². The summed E-state index contributed by atoms with van der Waals surface area (Å²) in [5.74, 6) is 0.128. The lowest BCUT2D eigenvalue weighted by Crippen LogP contribution is -2.41. The minimum absolute atomic E-state index is 0.128. The molecule has 4 heteroatoms. The SMILES string of the molecule is O=C(c1ccc(-n2cccn2)cc1)N1CCC1. The summed E-state index contributed by atoms with van der Waals surface area (Å²) in [6.45, 7) is 1.78. The van der Waals surface area contributed by atoms with Crippen LogP contribution in [0, 0.1) is 0 Å². The highest BCUT2D eigenvalue weighted by Crippen LogP contribution is 2.14. The molecule has 2 aromatic rings. The summed E-state index contributed by atoms with van der Waals surface area (Å²) < 4.78 is 1.78. The monoisotopic (exact) mass is 227 g/mol. The van der Waals surface area contributed by atoms with Gasteiger partial charge in [-0.1, -0.05) is 0 Å². The second-order valence-corrected chi connectivity index (χ2v) is 4.14. The molecule has 3 rings (SSSR count). The van der Waals surface area contributed by atoms with E-state index in [4.69, 9.17) is 0 Å². The van der Waals surface area contributed by atoms with Crippen molar-refractivity contribution in [2.45, 2.75) is 6.42 Å². The highest BCUT2D eigenvalue weighted by molar-refractivity contribution is 5.94. The second kappa shape index (κ2) is 4.05. The van der Waals surface area contributed by atoms with Gasteiger partial charge in [0.05, 0.1) is 5.69 Å². The third-order valence-electron chi connectivity index (χ3n) is 3.03. The lowest BCUT2D eigenvalue weighted by molar-refractivity contribution is 0.0652. The van der Waals surface area contributed by atoms with Crippen LogP contribution in [0.4, 0.5) is 0 Å². The third-order valence-corrected chi connectivity index (χ3v) is 3.03. The lowest BCUT2D eigenvalue weighted by Gasteiger charge is -2.30. The fraction of sp³-hybridized carbons (Fsp3) is 0.231. The molecular formula is C13H13N3O. The maximum absolute atomic E-state index is 11.9. The van der Waals surface area contributed by atoms with Crippen LogP contribution in [-0.4, -0.2) is 33.7 Å². The molecule has 0 bridgehead atoms. The number of likely N-dealkylation sites (tertiary alicyclic amines) is 1. The minimum Gasteiger partial charge on any atom is -0.339 e. The zero-order valence-electron chi connectivity index (χ0n) is 9.41. The fourth-order valence-corrected chi connectivity index (χ4v) is 1.88. The van der Waals surface area contributed by atoms with Crippen molar-refractivity contribution in [1.82, 2.24) is 14.7 Å². The van der Waals surface area contributed by atoms with Gasteiger partial charge in [-0.2, -0.15) is 5.10 Å². The molecule has 0 saturated carbocycles. The molecule has 86 valence electrons. The van der Waals surface area contributed by atoms with Crippen LogP contribution < -0.4 is 0 Å². The normalized spacial score (nSPS) is 14.5. The Hall–Kier alpha value is -2.10. The summed E-state index contributed by atoms with van der Waals surface area (Å²) in [7, 11) is 0. The van der Waals surface area contributed by atoms with Crippen LogP contribution in [0.15, 0.2) is 42.7 Å². The van der Waals surface area contributed by atoms with E-state index in [0.717, 1.165) is 30.8 Å². The highest BCUT2D eigenvalue weighted by Gasteiger charge is 2.21. The number of aromatic nitrogens is 2. The minimum atomic E-state index is 0.128. The van der Waals surface area contributed by atoms with Crippen LogP contribution in [0.5, 0.6) is 0 Å². The van der Waals surface area contributed by atoms with E-state index in [-0.39, 0.29) is 5.91 Å². The van der Waals surface area contributed by atoms with Crippen molar-refractivity contribution in [3.8, 4) is 5.69 Å². The molecule has 1 amide bonds. The molecule has 2 heterocycles. The Morgan fingerprint density at radius 3 is 2.47 bits per heavy atom. The Bertz CT molecular complexity index is 512. The van der Waals surface area contributed by atoms with E-state index in [1.54, 1.807) is 10.9 Å². The van der Waals surface area contributed by atoms with E-state index in [1.165, 1.54) is 0 Å². The van der Waals surface area contributed by atoms with Crippen molar-refractivity contribution in [3.63, 3.8) is 0 Å². The fourth-order valence-electron chi connectivity index (χ4n) is 1.88. The van der Waals surface area contributed by atoms with Gasteiger partial charge in [-0.15, -0.1) is 0 Å². The van der Waals surface area contributed by atoms with Crippen LogP contribution in [0.25, 0.3) is 5.69 Å². The zero-order valence-corrected chi connectivity index (χ0v) is 9.41. The Balaban J connectivity index is 1.82. The Morgan fingerprint density at radius 1 is 1.18 bits per heavy atom. The molecule has 1 aliphatic heterocycles. The van der Waals surface area contributed by atoms with Gasteiger partial charge in [-0.3, -0.25) is 4.79 Å². The number of hydrogen-bond donors (Lipinski definition) is 0. The molecule has 1 fully saturated rings. The van der Waals surface area contributed by atoms with E-state index >= 15 is 0 Å². The van der Waals surface area contributed by atoms with Crippen molar-refractivity contribution in [1.29, 1.82) is 0 Å². The molecule has 0 unspecified atom stereocenters. The molecular weight excluding hydrogens is 214 g/mol. The van der Waals surface area contributed by atoms with E-state index in [0.29, 0.717) is 0 Å². The number of nitrogens with zero attached hydrogens (tertiary/aromatic N) is 3. The van der Waals surface area contributed by atoms with E-state index in [9.17, 15) is 4.79 Å². The summed E-state index contributed by atoms with van der Waals surface area (Å²) >= 11 is 0. The topological polar surface area (TPSA) is 38.1 Å². The summed E-state index contributed by atoms with van der Waals surface area (Å²) in [5.41, 5.74) is 1.72. The standard InChI is InChI=1S/C13H13N3O/c17-13(15-8-2-9-15)11-3-5-12(6-4-11)16-10-1-7-14-16/h1,3-7,10H,2,8-9H2. The molecule has 0 radical (unpaired) electrons. The first-order valence-electron chi connectivity index (χ1n) is 5.74. The van der Waals surface area contributed by atoms with Crippen LogP contribution in [0.3, 0.4) is 0 Å². The van der Waals surface area contributed by atoms with Gasteiger partial charge in [-0.25, -0.2) is 4.68 Å². The molecule has 0 atom stereocenters. The molecule has 0 N–H and O–H groups in total. The molecule has 1 aromatic carbocycles. The van der Waals surface area contributed by atoms with Gasteiger partial charge >= 0.3 is 0 Å². The molecule has 0 spiro atoms. The van der Waals surface area contributed by atoms with Crippen molar-refractivity contribution in [2.75, 3.05) is 13.1 Å². The van der Waals surface area contributed by atoms with E-state index < -0.39 is 0 Å². The number of carbonyl (C=O) groups is 1. The van der Waals surface area contributed by atoms with Gasteiger partial charge in [0.15, 0.2) is 0 Å². The maximum atomic E-state index is 11.9. The Labute approximate surface area is 99.5 Å². The molecule has 1 saturated heterocycles. The first-order chi connectivity index (χ1) is 8.34. The molecule has 4 nitrogen and oxygen atoms in total. The van der Waals surface area contributed by atoms with Crippen LogP contribution in [-0.2, 0) is 0 Å². The van der Waals surface area contributed by atoms with Crippen molar-refractivity contribution >= 4 is 5.91 Å². The average Bonchev–Trinajstić information content (AvgIpc) is 2.80. The van der Waals surface area contributed by atoms with Gasteiger partial charge < -0.3 is 4.90 Å². The summed E-state index contributed by atoms with van der Waals surface area (Å²) in [5, 5.41) is 4.14. The highest BCUT2D eigenvalue weighted by atomic mass is 16.2. The Morgan fingerprint density at radius 2 is 1.94 bits per heavy atom. The summed E-state index contributed by atoms with van der Waals surface area (Å²) in [6, 6.07) is 9.43. The van der Waals surface area contributed by atoms with Crippen LogP contribution in [0.1, 0.15) is 16.8 Å². The van der Waals surface area contributed by atoms with Gasteiger partial charge in [0.1, 0.15) is 0 Å². The predicted molar refractivity (Wildman–Crippen MR) is 64.1 cm³/mol. The largest absolute Gasteiger partial charge is 0.339 e. The number of amides is 1. The van der Waals surface area contributed by atoms with Crippen LogP contribution in [0.2, 0.25) is 0 Å². The number of carbonyl (C=O) groups excluding carboxylic acids is 1. The average molecular weight is 227 g/mol. The molecule has 1 aliphatic rings. The quantitative estimate of drug-likeness (QED) is 0.783. The van der Waals surface area contributed by atoms with E-state index in [2.05, 4.69) is 5.10 Å². The number of rotatable bonds is 2. The predicted octanol–water partition coefficient (Wildman–Crippen LogP) is 1.72. The molecule has 1 aromatic heterocycles. The van der Waals surface area contributed by atoms with Gasteiger partial charge in [-0.05, 0) is 36.8 Å². The van der Waals surface area contributed by atoms with Gasteiger partial charge in [0, 0.05) is 31.0 Å². The van der Waals surface area contributed by atoms with Crippen LogP contribution >= 0.6 is 0 Å². The third kappa shape index (κ3) is 1.82. The number of benzene rings is 1. The van der Waals surface area contributed by atoms with Gasteiger partial charge in [0.2, 0.25) is 0 Å². The number of hydrogen-bond acceptors (Lipinski definition) is 2. The van der Waals surface area contributed by atoms with Crippen molar-refractivity contribution in [3.05, 3.63) is 48.3 Å². The summed E-state index contributed by atoms with van der Waals surface area (Å²) in [4.78, 5) is 13.8. The van der Waals surface area contributed by atoms with Crippen molar-refractivity contribution < 1.29 is 4.79 Å². The molecule has 17 heavy (non-hydrogen) atoms. The maximum Gasteiger partial charge on any atom is 0.253 e. The second-order valence-electron chi connectivity index (χ2n) is 4.14. The van der Waals surface area contributed by atoms with E-state index in [1.807, 2.05) is 41.4 Å². The first kappa shape index (κ1) is 10.1. The van der Waals surface area contributed by atoms with Crippen molar-refractivity contribution in [2.24, 2.45) is 0 Å². The molecule has 0 aliphatic carbocycles. The zero-order chi connectivity index (χ0) is 11.7. The lowest BCUT2D eigenvalue weighted by atomic mass is 10.1. The summed E-state index contributed by atoms with van der Waals surface area (Å²) in [6.07, 6.45) is 4.74. The first-order valence-corrected chi connectivity index (χ1v) is 5.74. The smallest absolute Gasteiger partial charge is 0.253 e.